The van der Waals surface area contributed by atoms with E-state index in [1.165, 1.54) is 30.0 Å². The van der Waals surface area contributed by atoms with Gasteiger partial charge < -0.3 is 5.32 Å². The van der Waals surface area contributed by atoms with E-state index in [-0.39, 0.29) is 5.56 Å². The number of nitrogens with zero attached hydrogens (tertiary/aromatic N) is 4. The number of carbonyl (C=O) groups is 1. The highest BCUT2D eigenvalue weighted by molar-refractivity contribution is 9.10. The molecule has 3 rings (SSSR count). The molecule has 2 aromatic carbocycles. The highest BCUT2D eigenvalue weighted by atomic mass is 79.9. The van der Waals surface area contributed by atoms with Crippen LogP contribution in [0.1, 0.15) is 10.4 Å². The van der Waals surface area contributed by atoms with Crippen molar-refractivity contribution in [1.29, 1.82) is 0 Å². The van der Waals surface area contributed by atoms with E-state index in [1.54, 1.807) is 22.9 Å². The number of carbonyl (C=O) groups excluding carboxylic acids is 1. The van der Waals surface area contributed by atoms with Crippen LogP contribution in [0, 0.1) is 5.82 Å². The highest BCUT2D eigenvalue weighted by Crippen LogP contribution is 2.20. The summed E-state index contributed by atoms with van der Waals surface area (Å²) in [6.45, 7) is 0. The fourth-order valence-corrected chi connectivity index (χ4v) is 2.85. The predicted molar refractivity (Wildman–Crippen MR) is 93.0 cm³/mol. The van der Waals surface area contributed by atoms with Crippen LogP contribution in [0.5, 0.6) is 0 Å². The Morgan fingerprint density at radius 1 is 1.29 bits per heavy atom. The SMILES string of the molecule is CSc1nnnn1-c1cccc(NC(=O)c2cc(Br)ccc2F)c1. The second-order valence-corrected chi connectivity index (χ2v) is 6.40. The highest BCUT2D eigenvalue weighted by Gasteiger charge is 2.13. The summed E-state index contributed by atoms with van der Waals surface area (Å²) >= 11 is 4.63. The average molecular weight is 408 g/mol. The summed E-state index contributed by atoms with van der Waals surface area (Å²) in [5.41, 5.74) is 1.17. The number of hydrogen-bond acceptors (Lipinski definition) is 5. The van der Waals surface area contributed by atoms with Gasteiger partial charge in [0.1, 0.15) is 5.82 Å². The molecule has 0 bridgehead atoms. The van der Waals surface area contributed by atoms with E-state index in [4.69, 9.17) is 0 Å². The lowest BCUT2D eigenvalue weighted by Crippen LogP contribution is -2.14. The number of amides is 1. The van der Waals surface area contributed by atoms with Gasteiger partial charge >= 0.3 is 0 Å². The van der Waals surface area contributed by atoms with Crippen molar-refractivity contribution in [2.45, 2.75) is 5.16 Å². The molecule has 1 aromatic heterocycles. The van der Waals surface area contributed by atoms with E-state index >= 15 is 0 Å². The summed E-state index contributed by atoms with van der Waals surface area (Å²) in [5.74, 6) is -1.12. The Balaban J connectivity index is 1.87. The Labute approximate surface area is 149 Å². The van der Waals surface area contributed by atoms with E-state index in [0.717, 1.165) is 0 Å². The Morgan fingerprint density at radius 3 is 2.92 bits per heavy atom. The van der Waals surface area contributed by atoms with Crippen LogP contribution < -0.4 is 5.32 Å². The first kappa shape index (κ1) is 16.6. The van der Waals surface area contributed by atoms with Gasteiger partial charge in [-0.3, -0.25) is 4.79 Å². The molecule has 0 aliphatic heterocycles. The molecule has 0 spiro atoms. The number of anilines is 1. The van der Waals surface area contributed by atoms with Crippen LogP contribution in [-0.4, -0.2) is 32.4 Å². The van der Waals surface area contributed by atoms with E-state index < -0.39 is 11.7 Å². The lowest BCUT2D eigenvalue weighted by molar-refractivity contribution is 0.102. The first-order chi connectivity index (χ1) is 11.6. The van der Waals surface area contributed by atoms with Crippen LogP contribution in [0.15, 0.2) is 52.1 Å². The maximum Gasteiger partial charge on any atom is 0.258 e. The molecule has 0 saturated carbocycles. The normalized spacial score (nSPS) is 10.6. The quantitative estimate of drug-likeness (QED) is 0.669. The van der Waals surface area contributed by atoms with Gasteiger partial charge in [0.05, 0.1) is 11.3 Å². The monoisotopic (exact) mass is 407 g/mol. The van der Waals surface area contributed by atoms with Gasteiger partial charge in [0.25, 0.3) is 5.91 Å². The average Bonchev–Trinajstić information content (AvgIpc) is 3.06. The molecule has 0 aliphatic rings. The number of tetrazole rings is 1. The third-order valence-electron chi connectivity index (χ3n) is 3.15. The summed E-state index contributed by atoms with van der Waals surface area (Å²) in [6, 6.07) is 11.2. The maximum absolute atomic E-state index is 13.8. The van der Waals surface area contributed by atoms with E-state index in [2.05, 4.69) is 36.8 Å². The van der Waals surface area contributed by atoms with Gasteiger partial charge in [0.15, 0.2) is 0 Å². The molecule has 1 N–H and O–H groups in total. The van der Waals surface area contributed by atoms with Crippen LogP contribution in [0.4, 0.5) is 10.1 Å². The van der Waals surface area contributed by atoms with Gasteiger partial charge in [0.2, 0.25) is 5.16 Å². The molecule has 0 atom stereocenters. The van der Waals surface area contributed by atoms with Crippen LogP contribution in [-0.2, 0) is 0 Å². The second kappa shape index (κ2) is 7.10. The van der Waals surface area contributed by atoms with Crippen molar-refractivity contribution in [3.8, 4) is 5.69 Å². The summed E-state index contributed by atoms with van der Waals surface area (Å²) in [7, 11) is 0. The summed E-state index contributed by atoms with van der Waals surface area (Å²) in [6.07, 6.45) is 1.86. The number of thioether (sulfide) groups is 1. The van der Waals surface area contributed by atoms with E-state index in [1.807, 2.05) is 12.3 Å². The summed E-state index contributed by atoms with van der Waals surface area (Å²) in [4.78, 5) is 12.3. The third kappa shape index (κ3) is 3.46. The molecule has 1 heterocycles. The molecule has 9 heteroatoms. The molecule has 0 aliphatic carbocycles. The van der Waals surface area contributed by atoms with Crippen LogP contribution in [0.25, 0.3) is 5.69 Å². The van der Waals surface area contributed by atoms with Crippen LogP contribution in [0.2, 0.25) is 0 Å². The zero-order chi connectivity index (χ0) is 17.1. The minimum Gasteiger partial charge on any atom is -0.322 e. The fraction of sp³-hybridized carbons (Fsp3) is 0.0667. The molecule has 0 fully saturated rings. The molecule has 1 amide bonds. The predicted octanol–water partition coefficient (Wildman–Crippen LogP) is 3.54. The molecular formula is C15H11BrFN5OS. The Morgan fingerprint density at radius 2 is 2.12 bits per heavy atom. The number of aromatic nitrogens is 4. The molecular weight excluding hydrogens is 397 g/mol. The summed E-state index contributed by atoms with van der Waals surface area (Å²) < 4.78 is 16.0. The zero-order valence-electron chi connectivity index (χ0n) is 12.4. The van der Waals surface area contributed by atoms with Gasteiger partial charge in [-0.25, -0.2) is 4.39 Å². The number of halogens is 2. The second-order valence-electron chi connectivity index (χ2n) is 4.71. The first-order valence-electron chi connectivity index (χ1n) is 6.77. The molecule has 0 saturated heterocycles. The van der Waals surface area contributed by atoms with Gasteiger partial charge in [-0.2, -0.15) is 4.68 Å². The Hall–Kier alpha value is -2.26. The molecule has 0 radical (unpaired) electrons. The topological polar surface area (TPSA) is 72.7 Å². The van der Waals surface area contributed by atoms with Crippen molar-refractivity contribution in [2.24, 2.45) is 0 Å². The largest absolute Gasteiger partial charge is 0.322 e. The third-order valence-corrected chi connectivity index (χ3v) is 4.26. The van der Waals surface area contributed by atoms with Crippen LogP contribution in [0.3, 0.4) is 0 Å². The molecule has 6 nitrogen and oxygen atoms in total. The van der Waals surface area contributed by atoms with Gasteiger partial charge in [-0.05, 0) is 53.1 Å². The van der Waals surface area contributed by atoms with Crippen molar-refractivity contribution in [1.82, 2.24) is 20.2 Å². The standard InChI is InChI=1S/C15H11BrFN5OS/c1-24-15-19-20-21-22(15)11-4-2-3-10(8-11)18-14(23)12-7-9(16)5-6-13(12)17/h2-8H,1H3,(H,18,23). The zero-order valence-corrected chi connectivity index (χ0v) is 14.8. The minimum absolute atomic E-state index is 0.0398. The number of benzene rings is 2. The summed E-state index contributed by atoms with van der Waals surface area (Å²) in [5, 5.41) is 14.7. The van der Waals surface area contributed by atoms with Gasteiger partial charge in [-0.1, -0.05) is 33.8 Å². The van der Waals surface area contributed by atoms with Crippen molar-refractivity contribution >= 4 is 39.3 Å². The Bertz CT molecular complexity index is 901. The minimum atomic E-state index is -0.586. The van der Waals surface area contributed by atoms with E-state index in [9.17, 15) is 9.18 Å². The smallest absolute Gasteiger partial charge is 0.258 e. The van der Waals surface area contributed by atoms with Gasteiger partial charge in [-0.15, -0.1) is 5.10 Å². The van der Waals surface area contributed by atoms with Crippen molar-refractivity contribution < 1.29 is 9.18 Å². The van der Waals surface area contributed by atoms with Crippen LogP contribution >= 0.6 is 27.7 Å². The number of hydrogen-bond donors (Lipinski definition) is 1. The van der Waals surface area contributed by atoms with Crippen molar-refractivity contribution in [3.63, 3.8) is 0 Å². The molecule has 0 unspecified atom stereocenters. The molecule has 24 heavy (non-hydrogen) atoms. The van der Waals surface area contributed by atoms with E-state index in [0.29, 0.717) is 21.0 Å². The van der Waals surface area contributed by atoms with Crippen molar-refractivity contribution in [2.75, 3.05) is 11.6 Å². The van der Waals surface area contributed by atoms with Gasteiger partial charge in [0, 0.05) is 10.2 Å². The first-order valence-corrected chi connectivity index (χ1v) is 8.79. The molecule has 3 aromatic rings. The lowest BCUT2D eigenvalue weighted by Gasteiger charge is -2.09. The van der Waals surface area contributed by atoms with Crippen molar-refractivity contribution in [3.05, 3.63) is 58.3 Å². The fourth-order valence-electron chi connectivity index (χ4n) is 2.05. The number of nitrogens with one attached hydrogen (secondary N) is 1. The maximum atomic E-state index is 13.8. The Kier molecular flexibility index (Phi) is 4.91. The molecule has 122 valence electrons. The lowest BCUT2D eigenvalue weighted by atomic mass is 10.2. The number of rotatable bonds is 4.